The summed E-state index contributed by atoms with van der Waals surface area (Å²) in [5, 5.41) is 9.49. The van der Waals surface area contributed by atoms with Crippen LogP contribution < -0.4 is 0 Å². The molecule has 1 aliphatic heterocycles. The molecule has 0 aliphatic carbocycles. The lowest BCUT2D eigenvalue weighted by atomic mass is 10.0. The number of nitrogens with one attached hydrogen (secondary N) is 2. The van der Waals surface area contributed by atoms with E-state index in [0.717, 1.165) is 64.0 Å². The van der Waals surface area contributed by atoms with E-state index in [1.54, 1.807) is 6.07 Å². The van der Waals surface area contributed by atoms with Crippen LogP contribution in [0.5, 0.6) is 0 Å². The van der Waals surface area contributed by atoms with Crippen LogP contribution in [-0.4, -0.2) is 43.1 Å². The molecule has 0 atom stereocenters. The molecule has 0 unspecified atom stereocenters. The zero-order valence-corrected chi connectivity index (χ0v) is 20.9. The third-order valence-corrected chi connectivity index (χ3v) is 7.49. The van der Waals surface area contributed by atoms with Crippen molar-refractivity contribution in [1.82, 2.24) is 30.0 Å². The van der Waals surface area contributed by atoms with E-state index in [0.29, 0.717) is 11.2 Å². The summed E-state index contributed by atoms with van der Waals surface area (Å²) < 4.78 is 14.6. The first-order valence-electron chi connectivity index (χ1n) is 13.1. The fourth-order valence-corrected chi connectivity index (χ4v) is 5.57. The van der Waals surface area contributed by atoms with Crippen molar-refractivity contribution in [1.29, 1.82) is 0 Å². The largest absolute Gasteiger partial charge is 0.353 e. The summed E-state index contributed by atoms with van der Waals surface area (Å²) in [5.41, 5.74) is 7.99. The number of rotatable bonds is 5. The first-order chi connectivity index (χ1) is 18.7. The Morgan fingerprint density at radius 2 is 1.66 bits per heavy atom. The first kappa shape index (κ1) is 22.8. The number of hydrogen-bond donors (Lipinski definition) is 2. The van der Waals surface area contributed by atoms with Gasteiger partial charge in [-0.25, -0.2) is 9.37 Å². The quantitative estimate of drug-likeness (QED) is 0.267. The standard InChI is InChI=1S/C31H27FN6/c32-27-9-3-2-7-24(27)23-8-6-10-28-25(23)15-29(35-28)30-26-14-22(18-34-31(26)37-36-30)21-13-20(16-33-17-21)19-38-11-4-1-5-12-38/h2-3,6-10,13-18,35H,1,4-5,11-12,19H2,(H,34,36,37). The summed E-state index contributed by atoms with van der Waals surface area (Å²) in [5.74, 6) is -0.236. The maximum Gasteiger partial charge on any atom is 0.181 e. The van der Waals surface area contributed by atoms with Crippen LogP contribution in [0.1, 0.15) is 24.8 Å². The molecule has 2 aromatic carbocycles. The van der Waals surface area contributed by atoms with Gasteiger partial charge in [-0.1, -0.05) is 36.8 Å². The van der Waals surface area contributed by atoms with Crippen LogP contribution in [0.15, 0.2) is 79.3 Å². The van der Waals surface area contributed by atoms with Crippen LogP contribution in [0.2, 0.25) is 0 Å². The highest BCUT2D eigenvalue weighted by Gasteiger charge is 2.16. The van der Waals surface area contributed by atoms with E-state index >= 15 is 0 Å². The highest BCUT2D eigenvalue weighted by molar-refractivity contribution is 6.01. The van der Waals surface area contributed by atoms with Gasteiger partial charge >= 0.3 is 0 Å². The van der Waals surface area contributed by atoms with Crippen molar-refractivity contribution >= 4 is 21.9 Å². The number of pyridine rings is 2. The summed E-state index contributed by atoms with van der Waals surface area (Å²) in [6.45, 7) is 3.23. The highest BCUT2D eigenvalue weighted by atomic mass is 19.1. The van der Waals surface area contributed by atoms with Crippen LogP contribution in [-0.2, 0) is 6.54 Å². The van der Waals surface area contributed by atoms with Crippen molar-refractivity contribution in [3.05, 3.63) is 90.6 Å². The number of hydrogen-bond acceptors (Lipinski definition) is 4. The van der Waals surface area contributed by atoms with E-state index < -0.39 is 0 Å². The normalized spacial score (nSPS) is 14.4. The fourth-order valence-electron chi connectivity index (χ4n) is 5.57. The molecule has 6 aromatic rings. The van der Waals surface area contributed by atoms with Gasteiger partial charge in [-0.2, -0.15) is 5.10 Å². The van der Waals surface area contributed by atoms with Gasteiger partial charge in [0.15, 0.2) is 5.65 Å². The lowest BCUT2D eigenvalue weighted by molar-refractivity contribution is 0.220. The summed E-state index contributed by atoms with van der Waals surface area (Å²) in [4.78, 5) is 15.2. The lowest BCUT2D eigenvalue weighted by Crippen LogP contribution is -2.29. The van der Waals surface area contributed by atoms with Gasteiger partial charge in [0.05, 0.1) is 11.4 Å². The van der Waals surface area contributed by atoms with Gasteiger partial charge in [0, 0.05) is 58.1 Å². The molecule has 0 amide bonds. The van der Waals surface area contributed by atoms with Gasteiger partial charge in [0.25, 0.3) is 0 Å². The molecule has 0 radical (unpaired) electrons. The van der Waals surface area contributed by atoms with Gasteiger partial charge in [-0.05, 0) is 67.4 Å². The zero-order chi connectivity index (χ0) is 25.5. The Kier molecular flexibility index (Phi) is 5.70. The maximum atomic E-state index is 14.6. The summed E-state index contributed by atoms with van der Waals surface area (Å²) in [7, 11) is 0. The predicted molar refractivity (Wildman–Crippen MR) is 149 cm³/mol. The minimum atomic E-state index is -0.236. The molecule has 7 rings (SSSR count). The van der Waals surface area contributed by atoms with E-state index in [1.165, 1.54) is 30.9 Å². The average Bonchev–Trinajstić information content (AvgIpc) is 3.58. The molecule has 1 saturated heterocycles. The van der Waals surface area contributed by atoms with Crippen LogP contribution in [0.4, 0.5) is 4.39 Å². The molecule has 7 heteroatoms. The van der Waals surface area contributed by atoms with Crippen molar-refractivity contribution in [2.24, 2.45) is 0 Å². The molecule has 188 valence electrons. The Labute approximate surface area is 219 Å². The number of fused-ring (bicyclic) bond motifs is 2. The Morgan fingerprint density at radius 3 is 2.55 bits per heavy atom. The van der Waals surface area contributed by atoms with Gasteiger partial charge in [0.2, 0.25) is 0 Å². The highest BCUT2D eigenvalue weighted by Crippen LogP contribution is 2.35. The van der Waals surface area contributed by atoms with Gasteiger partial charge in [-0.15, -0.1) is 0 Å². The van der Waals surface area contributed by atoms with E-state index in [1.807, 2.05) is 48.9 Å². The number of nitrogens with zero attached hydrogens (tertiary/aromatic N) is 4. The van der Waals surface area contributed by atoms with Crippen LogP contribution in [0.25, 0.3) is 55.6 Å². The Bertz CT molecular complexity index is 1760. The second-order valence-corrected chi connectivity index (χ2v) is 10.0. The molecule has 0 spiro atoms. The molecule has 0 bridgehead atoms. The number of halogens is 1. The third-order valence-electron chi connectivity index (χ3n) is 7.49. The topological polar surface area (TPSA) is 73.5 Å². The molecular weight excluding hydrogens is 475 g/mol. The van der Waals surface area contributed by atoms with E-state index in [2.05, 4.69) is 48.2 Å². The summed E-state index contributed by atoms with van der Waals surface area (Å²) in [6.07, 6.45) is 9.58. The van der Waals surface area contributed by atoms with Gasteiger partial charge in [0.1, 0.15) is 5.82 Å². The average molecular weight is 503 g/mol. The molecule has 1 aliphatic rings. The smallest absolute Gasteiger partial charge is 0.181 e. The predicted octanol–water partition coefficient (Wildman–Crippen LogP) is 6.96. The summed E-state index contributed by atoms with van der Waals surface area (Å²) >= 11 is 0. The number of benzene rings is 2. The van der Waals surface area contributed by atoms with Crippen molar-refractivity contribution in [3.63, 3.8) is 0 Å². The minimum Gasteiger partial charge on any atom is -0.353 e. The van der Waals surface area contributed by atoms with Crippen LogP contribution in [0, 0.1) is 5.82 Å². The Morgan fingerprint density at radius 1 is 0.816 bits per heavy atom. The molecule has 5 heterocycles. The molecule has 2 N–H and O–H groups in total. The van der Waals surface area contributed by atoms with Gasteiger partial charge in [-0.3, -0.25) is 15.0 Å². The molecule has 0 saturated carbocycles. The zero-order valence-electron chi connectivity index (χ0n) is 20.9. The molecule has 6 nitrogen and oxygen atoms in total. The number of aromatic nitrogens is 5. The second kappa shape index (κ2) is 9.50. The van der Waals surface area contributed by atoms with Crippen molar-refractivity contribution < 1.29 is 4.39 Å². The molecule has 38 heavy (non-hydrogen) atoms. The van der Waals surface area contributed by atoms with E-state index in [4.69, 9.17) is 0 Å². The fraction of sp³-hybridized carbons (Fsp3) is 0.194. The van der Waals surface area contributed by atoms with Crippen molar-refractivity contribution in [2.75, 3.05) is 13.1 Å². The lowest BCUT2D eigenvalue weighted by Gasteiger charge is -2.26. The maximum absolute atomic E-state index is 14.6. The first-order valence-corrected chi connectivity index (χ1v) is 13.1. The monoisotopic (exact) mass is 502 g/mol. The second-order valence-electron chi connectivity index (χ2n) is 10.0. The van der Waals surface area contributed by atoms with E-state index in [-0.39, 0.29) is 5.82 Å². The number of piperidine rings is 1. The van der Waals surface area contributed by atoms with Crippen LogP contribution in [0.3, 0.4) is 0 Å². The Hall–Kier alpha value is -4.36. The van der Waals surface area contributed by atoms with Crippen LogP contribution >= 0.6 is 0 Å². The van der Waals surface area contributed by atoms with Crippen molar-refractivity contribution in [2.45, 2.75) is 25.8 Å². The Balaban J connectivity index is 1.26. The minimum absolute atomic E-state index is 0.236. The SMILES string of the molecule is Fc1ccccc1-c1cccc2[nH]c(-c3[nH]nc4ncc(-c5cncc(CN6CCCCC6)c5)cc34)cc12. The van der Waals surface area contributed by atoms with E-state index in [9.17, 15) is 4.39 Å². The van der Waals surface area contributed by atoms with Gasteiger partial charge < -0.3 is 4.98 Å². The molecular formula is C31H27FN6. The number of H-pyrrole nitrogens is 2. The molecule has 1 fully saturated rings. The van der Waals surface area contributed by atoms with Crippen molar-refractivity contribution in [3.8, 4) is 33.6 Å². The third kappa shape index (κ3) is 4.15. The molecule has 4 aromatic heterocycles. The number of aromatic amines is 2. The number of likely N-dealkylation sites (tertiary alicyclic amines) is 1. The summed E-state index contributed by atoms with van der Waals surface area (Å²) in [6, 6.07) is 19.2.